The number of halogens is 2. The molecule has 0 aliphatic carbocycles. The Labute approximate surface area is 261 Å². The smallest absolute Gasteiger partial charge is 0.349 e. The number of fused-ring (bicyclic) bond motifs is 1. The molecule has 13 heteroatoms. The average molecular weight is 720 g/mol. The summed E-state index contributed by atoms with van der Waals surface area (Å²) in [5.74, 6) is -2.57. The van der Waals surface area contributed by atoms with Crippen molar-refractivity contribution in [3.8, 4) is 11.5 Å². The van der Waals surface area contributed by atoms with Gasteiger partial charge in [0.15, 0.2) is 16.9 Å². The number of hydrogen-bond donors (Lipinski definition) is 2. The second-order valence-electron chi connectivity index (χ2n) is 9.13. The molecule has 10 nitrogen and oxygen atoms in total. The van der Waals surface area contributed by atoms with Gasteiger partial charge in [-0.05, 0) is 60.8 Å². The van der Waals surface area contributed by atoms with Crippen LogP contribution in [0.3, 0.4) is 0 Å². The van der Waals surface area contributed by atoms with Gasteiger partial charge in [-0.25, -0.2) is 9.59 Å². The molecular weight excluding hydrogens is 696 g/mol. The second kappa shape index (κ2) is 13.4. The lowest BCUT2D eigenvalue weighted by molar-refractivity contribution is -0.177. The number of carbonyl (C=O) groups excluding carboxylic acids is 4. The van der Waals surface area contributed by atoms with Gasteiger partial charge in [0.25, 0.3) is 11.8 Å². The van der Waals surface area contributed by atoms with Crippen molar-refractivity contribution < 1.29 is 38.3 Å². The van der Waals surface area contributed by atoms with Gasteiger partial charge in [-0.3, -0.25) is 9.59 Å². The van der Waals surface area contributed by atoms with Crippen molar-refractivity contribution in [1.82, 2.24) is 11.0 Å². The van der Waals surface area contributed by atoms with Crippen LogP contribution in [-0.4, -0.2) is 38.0 Å². The van der Waals surface area contributed by atoms with E-state index in [1.54, 1.807) is 42.5 Å². The number of carbonyl (C=O) groups is 4. The largest absolute Gasteiger partial charge is 0.493 e. The van der Waals surface area contributed by atoms with Crippen LogP contribution in [-0.2, 0) is 25.7 Å². The summed E-state index contributed by atoms with van der Waals surface area (Å²) in [7, 11) is 3.04. The summed E-state index contributed by atoms with van der Waals surface area (Å²) in [5, 5.41) is 0.794. The first-order valence-electron chi connectivity index (χ1n) is 12.2. The molecule has 2 N–H and O–H groups in total. The van der Waals surface area contributed by atoms with Crippen LogP contribution < -0.4 is 20.4 Å². The monoisotopic (exact) mass is 718 g/mol. The Bertz CT molecular complexity index is 1560. The van der Waals surface area contributed by atoms with E-state index in [2.05, 4.69) is 42.8 Å². The molecule has 0 fully saturated rings. The van der Waals surface area contributed by atoms with Crippen LogP contribution in [0.2, 0.25) is 0 Å². The lowest BCUT2D eigenvalue weighted by atomic mass is 9.86. The van der Waals surface area contributed by atoms with Gasteiger partial charge in [0.1, 0.15) is 0 Å². The summed E-state index contributed by atoms with van der Waals surface area (Å²) in [6, 6.07) is 18.2. The maximum absolute atomic E-state index is 13.4. The maximum atomic E-state index is 13.4. The van der Waals surface area contributed by atoms with Crippen LogP contribution in [0.15, 0.2) is 75.7 Å². The predicted octanol–water partition coefficient (Wildman–Crippen LogP) is 5.77. The topological polar surface area (TPSA) is 129 Å². The van der Waals surface area contributed by atoms with Gasteiger partial charge in [0, 0.05) is 42.1 Å². The van der Waals surface area contributed by atoms with Crippen molar-refractivity contribution in [2.45, 2.75) is 13.3 Å². The number of rotatable bonds is 8. The maximum Gasteiger partial charge on any atom is 0.349 e. The van der Waals surface area contributed by atoms with Crippen LogP contribution in [0.1, 0.15) is 32.5 Å². The Balaban J connectivity index is 1.58. The van der Waals surface area contributed by atoms with E-state index in [0.29, 0.717) is 25.3 Å². The molecular formula is C29H24Br2N2O8S. The molecule has 1 heterocycles. The number of benzene rings is 3. The van der Waals surface area contributed by atoms with Crippen LogP contribution in [0.25, 0.3) is 10.1 Å². The summed E-state index contributed by atoms with van der Waals surface area (Å²) in [6.07, 6.45) is -0.172. The number of amides is 2. The van der Waals surface area contributed by atoms with E-state index in [1.165, 1.54) is 56.7 Å². The van der Waals surface area contributed by atoms with E-state index >= 15 is 0 Å². The number of thiophene rings is 1. The molecule has 0 saturated carbocycles. The Hall–Kier alpha value is -3.94. The molecule has 4 aromatic rings. The molecule has 3 aromatic carbocycles. The average Bonchev–Trinajstić information content (AvgIpc) is 3.37. The van der Waals surface area contributed by atoms with Crippen molar-refractivity contribution in [2.75, 3.05) is 14.2 Å². The van der Waals surface area contributed by atoms with E-state index in [1.807, 2.05) is 0 Å². The van der Waals surface area contributed by atoms with Gasteiger partial charge in [-0.2, -0.15) is 11.0 Å². The minimum atomic E-state index is -1.98. The summed E-state index contributed by atoms with van der Waals surface area (Å²) >= 11 is 7.88. The number of nitrogens with one attached hydrogen (secondary N) is 2. The van der Waals surface area contributed by atoms with Crippen molar-refractivity contribution in [3.63, 3.8) is 0 Å². The van der Waals surface area contributed by atoms with E-state index < -0.39 is 29.2 Å². The van der Waals surface area contributed by atoms with Crippen LogP contribution in [0.4, 0.5) is 0 Å². The standard InChI is InChI=1S/C29H24Br2N2O8S/c1-29(27(36)40-32-25(34)16-6-4-8-19(30)10-16,28(37)41-33-26(35)17-7-5-9-20(31)11-17)15-21-12-18-13-22(38-2)23(39-3)14-24(18)42-21/h4-14H,15H2,1-3H3,(H,32,34)(H,33,35). The third-order valence-electron chi connectivity index (χ3n) is 6.15. The fraction of sp³-hybridized carbons (Fsp3) is 0.172. The Kier molecular flexibility index (Phi) is 9.86. The zero-order valence-electron chi connectivity index (χ0n) is 22.5. The Morgan fingerprint density at radius 1 is 0.762 bits per heavy atom. The molecule has 218 valence electrons. The highest BCUT2D eigenvalue weighted by atomic mass is 79.9. The highest BCUT2D eigenvalue weighted by molar-refractivity contribution is 9.10. The lowest BCUT2D eigenvalue weighted by Crippen LogP contribution is -2.46. The van der Waals surface area contributed by atoms with Gasteiger partial charge in [-0.15, -0.1) is 11.3 Å². The molecule has 4 rings (SSSR count). The van der Waals surface area contributed by atoms with Crippen LogP contribution >= 0.6 is 43.2 Å². The summed E-state index contributed by atoms with van der Waals surface area (Å²) in [5.41, 5.74) is 2.63. The van der Waals surface area contributed by atoms with Crippen molar-refractivity contribution >= 4 is 77.0 Å². The second-order valence-corrected chi connectivity index (χ2v) is 12.1. The fourth-order valence-corrected chi connectivity index (χ4v) is 5.90. The minimum Gasteiger partial charge on any atom is -0.493 e. The fourth-order valence-electron chi connectivity index (χ4n) is 3.87. The summed E-state index contributed by atoms with van der Waals surface area (Å²) in [6.45, 7) is 1.31. The number of hydrogen-bond acceptors (Lipinski definition) is 9. The molecule has 0 saturated heterocycles. The molecule has 42 heavy (non-hydrogen) atoms. The first-order valence-corrected chi connectivity index (χ1v) is 14.6. The zero-order valence-corrected chi connectivity index (χ0v) is 26.5. The van der Waals surface area contributed by atoms with Gasteiger partial charge in [-0.1, -0.05) is 44.0 Å². The van der Waals surface area contributed by atoms with Gasteiger partial charge in [0.05, 0.1) is 14.2 Å². The van der Waals surface area contributed by atoms with E-state index in [4.69, 9.17) is 19.1 Å². The van der Waals surface area contributed by atoms with Gasteiger partial charge < -0.3 is 19.1 Å². The van der Waals surface area contributed by atoms with Crippen molar-refractivity contribution in [1.29, 1.82) is 0 Å². The lowest BCUT2D eigenvalue weighted by Gasteiger charge is -2.24. The molecule has 0 spiro atoms. The normalized spacial score (nSPS) is 11.0. The molecule has 1 aromatic heterocycles. The zero-order chi connectivity index (χ0) is 30.4. The number of ether oxygens (including phenoxy) is 2. The Morgan fingerprint density at radius 3 is 1.74 bits per heavy atom. The van der Waals surface area contributed by atoms with E-state index in [9.17, 15) is 19.2 Å². The summed E-state index contributed by atoms with van der Waals surface area (Å²) in [4.78, 5) is 62.8. The molecule has 0 atom stereocenters. The van der Waals surface area contributed by atoms with E-state index in [0.717, 1.165) is 10.1 Å². The van der Waals surface area contributed by atoms with Crippen LogP contribution in [0.5, 0.6) is 11.5 Å². The summed E-state index contributed by atoms with van der Waals surface area (Å²) < 4.78 is 12.9. The number of methoxy groups -OCH3 is 2. The third-order valence-corrected chi connectivity index (χ3v) is 8.23. The quantitative estimate of drug-likeness (QED) is 0.174. The van der Waals surface area contributed by atoms with Gasteiger partial charge in [0.2, 0.25) is 0 Å². The first kappa shape index (κ1) is 31.0. The molecule has 0 bridgehead atoms. The highest BCUT2D eigenvalue weighted by Gasteiger charge is 2.46. The van der Waals surface area contributed by atoms with Gasteiger partial charge >= 0.3 is 11.9 Å². The van der Waals surface area contributed by atoms with Crippen molar-refractivity contribution in [3.05, 3.63) is 91.7 Å². The molecule has 0 unspecified atom stereocenters. The SMILES string of the molecule is COc1cc2cc(CC(C)(C(=O)ONC(=O)c3cccc(Br)c3)C(=O)ONC(=O)c3cccc(Br)c3)sc2cc1OC. The molecule has 2 amide bonds. The van der Waals surface area contributed by atoms with Crippen LogP contribution in [0, 0.1) is 5.41 Å². The predicted molar refractivity (Wildman–Crippen MR) is 162 cm³/mol. The third kappa shape index (κ3) is 7.09. The van der Waals surface area contributed by atoms with Crippen molar-refractivity contribution in [2.24, 2.45) is 5.41 Å². The Morgan fingerprint density at radius 2 is 1.26 bits per heavy atom. The first-order chi connectivity index (χ1) is 20.0. The highest BCUT2D eigenvalue weighted by Crippen LogP contribution is 2.38. The minimum absolute atomic E-state index is 0.172. The molecule has 0 radical (unpaired) electrons. The molecule has 0 aliphatic rings. The number of hydroxylamine groups is 2. The van der Waals surface area contributed by atoms with E-state index in [-0.39, 0.29) is 17.5 Å². The molecule has 0 aliphatic heterocycles.